The summed E-state index contributed by atoms with van der Waals surface area (Å²) in [5.74, 6) is 0.771. The van der Waals surface area contributed by atoms with Gasteiger partial charge in [-0.25, -0.2) is 0 Å². The van der Waals surface area contributed by atoms with Crippen molar-refractivity contribution in [3.63, 3.8) is 0 Å². The van der Waals surface area contributed by atoms with Gasteiger partial charge in [0.2, 0.25) is 11.8 Å². The molecule has 1 aromatic rings. The highest BCUT2D eigenvalue weighted by Gasteiger charge is 2.31. The summed E-state index contributed by atoms with van der Waals surface area (Å²) in [6.45, 7) is 2.74. The molecule has 1 unspecified atom stereocenters. The van der Waals surface area contributed by atoms with Crippen LogP contribution < -0.4 is 10.6 Å². The van der Waals surface area contributed by atoms with Crippen LogP contribution in [-0.4, -0.2) is 54.4 Å². The van der Waals surface area contributed by atoms with E-state index in [1.807, 2.05) is 36.6 Å². The molecule has 1 aromatic carbocycles. The maximum Gasteiger partial charge on any atom is 0.237 e. The van der Waals surface area contributed by atoms with Crippen molar-refractivity contribution in [2.75, 3.05) is 31.6 Å². The molecule has 1 heterocycles. The van der Waals surface area contributed by atoms with E-state index in [-0.39, 0.29) is 24.3 Å². The second-order valence-electron chi connectivity index (χ2n) is 5.31. The van der Waals surface area contributed by atoms with Crippen LogP contribution in [0.2, 0.25) is 0 Å². The van der Waals surface area contributed by atoms with Crippen LogP contribution in [0.15, 0.2) is 30.3 Å². The average molecular weight is 321 g/mol. The van der Waals surface area contributed by atoms with E-state index in [1.54, 1.807) is 11.8 Å². The third-order valence-electron chi connectivity index (χ3n) is 3.68. The molecule has 1 aliphatic rings. The van der Waals surface area contributed by atoms with Crippen molar-refractivity contribution in [3.05, 3.63) is 35.9 Å². The lowest BCUT2D eigenvalue weighted by Crippen LogP contribution is -2.56. The summed E-state index contributed by atoms with van der Waals surface area (Å²) in [5.41, 5.74) is 1.16. The number of thioether (sulfide) groups is 1. The van der Waals surface area contributed by atoms with Crippen molar-refractivity contribution in [1.29, 1.82) is 0 Å². The number of amides is 2. The topological polar surface area (TPSA) is 61.4 Å². The number of hydrogen-bond donors (Lipinski definition) is 2. The van der Waals surface area contributed by atoms with Gasteiger partial charge in [0.15, 0.2) is 0 Å². The Kier molecular flexibility index (Phi) is 6.74. The molecular weight excluding hydrogens is 298 g/mol. The summed E-state index contributed by atoms with van der Waals surface area (Å²) in [7, 11) is 0. The standard InChI is InChI=1S/C16H23N3O2S/c1-22-10-8-17-15(20)11-14-16(21)18-7-9-19(14)12-13-5-3-2-4-6-13/h2-6,14H,7-12H2,1H3,(H,17,20)(H,18,21). The van der Waals surface area contributed by atoms with E-state index in [2.05, 4.69) is 15.5 Å². The fraction of sp³-hybridized carbons (Fsp3) is 0.500. The molecule has 120 valence electrons. The minimum absolute atomic E-state index is 0.0535. The van der Waals surface area contributed by atoms with Crippen molar-refractivity contribution < 1.29 is 9.59 Å². The number of rotatable bonds is 7. The Labute approximate surface area is 135 Å². The van der Waals surface area contributed by atoms with Crippen LogP contribution in [0.4, 0.5) is 0 Å². The van der Waals surface area contributed by atoms with Crippen molar-refractivity contribution >= 4 is 23.6 Å². The quantitative estimate of drug-likeness (QED) is 0.731. The molecule has 5 nitrogen and oxygen atoms in total. The Hall–Kier alpha value is -1.53. The van der Waals surface area contributed by atoms with E-state index in [1.165, 1.54) is 0 Å². The Morgan fingerprint density at radius 2 is 2.18 bits per heavy atom. The molecule has 6 heteroatoms. The maximum absolute atomic E-state index is 12.1. The van der Waals surface area contributed by atoms with Crippen molar-refractivity contribution in [1.82, 2.24) is 15.5 Å². The third kappa shape index (κ3) is 5.03. The van der Waals surface area contributed by atoms with E-state index in [9.17, 15) is 9.59 Å². The molecule has 0 aliphatic carbocycles. The zero-order valence-corrected chi connectivity index (χ0v) is 13.7. The van der Waals surface area contributed by atoms with Crippen LogP contribution in [0.25, 0.3) is 0 Å². The first-order valence-corrected chi connectivity index (χ1v) is 8.91. The Balaban J connectivity index is 1.94. The van der Waals surface area contributed by atoms with Crippen LogP contribution in [-0.2, 0) is 16.1 Å². The van der Waals surface area contributed by atoms with Gasteiger partial charge in [-0.15, -0.1) is 0 Å². The van der Waals surface area contributed by atoms with E-state index in [0.29, 0.717) is 19.6 Å². The second kappa shape index (κ2) is 8.80. The summed E-state index contributed by atoms with van der Waals surface area (Å²) >= 11 is 1.69. The molecule has 22 heavy (non-hydrogen) atoms. The molecule has 0 aromatic heterocycles. The summed E-state index contributed by atoms with van der Waals surface area (Å²) < 4.78 is 0. The zero-order chi connectivity index (χ0) is 15.8. The number of carbonyl (C=O) groups is 2. The fourth-order valence-corrected chi connectivity index (χ4v) is 2.84. The molecule has 1 aliphatic heterocycles. The SMILES string of the molecule is CSCCNC(=O)CC1C(=O)NCCN1Cc1ccccc1. The van der Waals surface area contributed by atoms with Crippen LogP contribution in [0, 0.1) is 0 Å². The smallest absolute Gasteiger partial charge is 0.237 e. The molecule has 2 rings (SSSR count). The predicted octanol–water partition coefficient (Wildman–Crippen LogP) is 0.856. The predicted molar refractivity (Wildman–Crippen MR) is 89.7 cm³/mol. The first-order valence-electron chi connectivity index (χ1n) is 7.52. The maximum atomic E-state index is 12.1. The monoisotopic (exact) mass is 321 g/mol. The van der Waals surface area contributed by atoms with Crippen LogP contribution >= 0.6 is 11.8 Å². The number of hydrogen-bond acceptors (Lipinski definition) is 4. The van der Waals surface area contributed by atoms with Gasteiger partial charge >= 0.3 is 0 Å². The molecular formula is C16H23N3O2S. The molecule has 1 atom stereocenters. The number of benzene rings is 1. The molecule has 1 fully saturated rings. The van der Waals surface area contributed by atoms with Crippen molar-refractivity contribution in [2.45, 2.75) is 19.0 Å². The highest BCUT2D eigenvalue weighted by Crippen LogP contribution is 2.13. The molecule has 0 bridgehead atoms. The molecule has 2 amide bonds. The van der Waals surface area contributed by atoms with Crippen molar-refractivity contribution in [3.8, 4) is 0 Å². The first-order chi connectivity index (χ1) is 10.7. The van der Waals surface area contributed by atoms with E-state index in [0.717, 1.165) is 17.9 Å². The number of piperazine rings is 1. The number of nitrogens with zero attached hydrogens (tertiary/aromatic N) is 1. The first kappa shape index (κ1) is 16.8. The van der Waals surface area contributed by atoms with Gasteiger partial charge in [-0.2, -0.15) is 11.8 Å². The highest BCUT2D eigenvalue weighted by molar-refractivity contribution is 7.98. The third-order valence-corrected chi connectivity index (χ3v) is 4.29. The van der Waals surface area contributed by atoms with Gasteiger partial charge in [0.25, 0.3) is 0 Å². The second-order valence-corrected chi connectivity index (χ2v) is 6.30. The zero-order valence-electron chi connectivity index (χ0n) is 12.9. The lowest BCUT2D eigenvalue weighted by molar-refractivity contribution is -0.134. The Morgan fingerprint density at radius 1 is 1.41 bits per heavy atom. The van der Waals surface area contributed by atoms with Gasteiger partial charge in [0, 0.05) is 31.9 Å². The summed E-state index contributed by atoms with van der Waals surface area (Å²) in [6.07, 6.45) is 2.22. The summed E-state index contributed by atoms with van der Waals surface area (Å²) in [4.78, 5) is 26.2. The van der Waals surface area contributed by atoms with E-state index < -0.39 is 0 Å². The van der Waals surface area contributed by atoms with Gasteiger partial charge in [0.1, 0.15) is 0 Å². The minimum atomic E-state index is -0.386. The average Bonchev–Trinajstić information content (AvgIpc) is 2.52. The Morgan fingerprint density at radius 3 is 2.91 bits per heavy atom. The summed E-state index contributed by atoms with van der Waals surface area (Å²) in [6, 6.07) is 9.66. The van der Waals surface area contributed by atoms with E-state index in [4.69, 9.17) is 0 Å². The van der Waals surface area contributed by atoms with Gasteiger partial charge in [0.05, 0.1) is 12.5 Å². The molecule has 0 saturated carbocycles. The number of carbonyl (C=O) groups excluding carboxylic acids is 2. The Bertz CT molecular complexity index is 495. The molecule has 1 saturated heterocycles. The molecule has 0 spiro atoms. The largest absolute Gasteiger partial charge is 0.355 e. The lowest BCUT2D eigenvalue weighted by Gasteiger charge is -2.34. The normalized spacial score (nSPS) is 18.8. The summed E-state index contributed by atoms with van der Waals surface area (Å²) in [5, 5.41) is 5.73. The van der Waals surface area contributed by atoms with Gasteiger partial charge in [-0.05, 0) is 11.8 Å². The van der Waals surface area contributed by atoms with Gasteiger partial charge in [-0.1, -0.05) is 30.3 Å². The van der Waals surface area contributed by atoms with Crippen LogP contribution in [0.3, 0.4) is 0 Å². The van der Waals surface area contributed by atoms with Crippen LogP contribution in [0.5, 0.6) is 0 Å². The molecule has 0 radical (unpaired) electrons. The van der Waals surface area contributed by atoms with E-state index >= 15 is 0 Å². The molecule has 2 N–H and O–H groups in total. The number of nitrogens with one attached hydrogen (secondary N) is 2. The lowest BCUT2D eigenvalue weighted by atomic mass is 10.1. The minimum Gasteiger partial charge on any atom is -0.355 e. The fourth-order valence-electron chi connectivity index (χ4n) is 2.53. The van der Waals surface area contributed by atoms with Gasteiger partial charge in [-0.3, -0.25) is 14.5 Å². The van der Waals surface area contributed by atoms with Gasteiger partial charge < -0.3 is 10.6 Å². The van der Waals surface area contributed by atoms with Crippen LogP contribution in [0.1, 0.15) is 12.0 Å². The van der Waals surface area contributed by atoms with Crippen molar-refractivity contribution in [2.24, 2.45) is 0 Å². The highest BCUT2D eigenvalue weighted by atomic mass is 32.2.